The summed E-state index contributed by atoms with van der Waals surface area (Å²) in [5, 5.41) is 2.54. The van der Waals surface area contributed by atoms with Crippen LogP contribution in [0.15, 0.2) is 45.9 Å². The smallest absolute Gasteiger partial charge is 0.288 e. The molecule has 1 amide bonds. The fraction of sp³-hybridized carbons (Fsp3) is 0.0833. The van der Waals surface area contributed by atoms with Crippen molar-refractivity contribution in [3.05, 3.63) is 56.6 Å². The number of hydrogen-bond acceptors (Lipinski definition) is 3. The average molecular weight is 343 g/mol. The minimum atomic E-state index is -0.494. The zero-order valence-electron chi connectivity index (χ0n) is 9.64. The molecular formula is C12H9BrClN3O2. The van der Waals surface area contributed by atoms with Crippen LogP contribution in [-0.4, -0.2) is 15.5 Å². The number of hydrogen-bond donors (Lipinski definition) is 1. The number of anilines is 1. The fourth-order valence-corrected chi connectivity index (χ4v) is 2.00. The van der Waals surface area contributed by atoms with Gasteiger partial charge in [0.25, 0.3) is 5.56 Å². The first-order chi connectivity index (χ1) is 9.08. The average Bonchev–Trinajstić information content (AvgIpc) is 2.38. The predicted molar refractivity (Wildman–Crippen MR) is 76.3 cm³/mol. The second-order valence-electron chi connectivity index (χ2n) is 3.68. The van der Waals surface area contributed by atoms with Crippen molar-refractivity contribution in [1.82, 2.24) is 9.55 Å². The fourth-order valence-electron chi connectivity index (χ4n) is 1.45. The first kappa shape index (κ1) is 13.8. The molecule has 7 heteroatoms. The topological polar surface area (TPSA) is 64.0 Å². The van der Waals surface area contributed by atoms with Crippen molar-refractivity contribution in [3.8, 4) is 0 Å². The number of aromatic nitrogens is 2. The molecule has 0 aliphatic heterocycles. The lowest BCUT2D eigenvalue weighted by Crippen LogP contribution is -2.28. The van der Waals surface area contributed by atoms with Gasteiger partial charge in [-0.1, -0.05) is 23.7 Å². The van der Waals surface area contributed by atoms with Crippen molar-refractivity contribution < 1.29 is 4.79 Å². The molecule has 0 atom stereocenters. The summed E-state index contributed by atoms with van der Waals surface area (Å²) in [4.78, 5) is 27.1. The molecular weight excluding hydrogens is 334 g/mol. The van der Waals surface area contributed by atoms with E-state index >= 15 is 0 Å². The number of rotatable bonds is 3. The number of carbonyl (C=O) groups excluding carboxylic acids is 1. The van der Waals surface area contributed by atoms with Crippen molar-refractivity contribution in [3.63, 3.8) is 0 Å². The molecule has 1 aromatic carbocycles. The third kappa shape index (κ3) is 3.42. The van der Waals surface area contributed by atoms with E-state index < -0.39 is 5.56 Å². The van der Waals surface area contributed by atoms with Crippen LogP contribution in [0.2, 0.25) is 5.15 Å². The van der Waals surface area contributed by atoms with Crippen LogP contribution in [0.5, 0.6) is 0 Å². The van der Waals surface area contributed by atoms with E-state index in [-0.39, 0.29) is 17.6 Å². The number of para-hydroxylation sites is 1. The number of halogens is 2. The van der Waals surface area contributed by atoms with E-state index in [1.54, 1.807) is 12.1 Å². The zero-order chi connectivity index (χ0) is 13.8. The van der Waals surface area contributed by atoms with Crippen LogP contribution in [0.25, 0.3) is 0 Å². The van der Waals surface area contributed by atoms with Crippen LogP contribution in [0.4, 0.5) is 5.69 Å². The van der Waals surface area contributed by atoms with E-state index in [9.17, 15) is 9.59 Å². The van der Waals surface area contributed by atoms with E-state index in [0.717, 1.165) is 4.47 Å². The van der Waals surface area contributed by atoms with Gasteiger partial charge in [0.15, 0.2) is 5.15 Å². The molecule has 0 bridgehead atoms. The number of nitrogens with zero attached hydrogens (tertiary/aromatic N) is 2. The highest BCUT2D eigenvalue weighted by molar-refractivity contribution is 9.10. The molecule has 1 heterocycles. The van der Waals surface area contributed by atoms with Crippen LogP contribution in [0.1, 0.15) is 0 Å². The minimum absolute atomic E-state index is 0.123. The number of carbonyl (C=O) groups is 1. The molecule has 98 valence electrons. The maximum absolute atomic E-state index is 11.8. The summed E-state index contributed by atoms with van der Waals surface area (Å²) in [6.45, 7) is -0.123. The van der Waals surface area contributed by atoms with Gasteiger partial charge in [0.1, 0.15) is 6.54 Å². The van der Waals surface area contributed by atoms with Crippen molar-refractivity contribution >= 4 is 39.1 Å². The van der Waals surface area contributed by atoms with Gasteiger partial charge < -0.3 is 9.88 Å². The Morgan fingerprint density at radius 1 is 1.42 bits per heavy atom. The van der Waals surface area contributed by atoms with Crippen LogP contribution >= 0.6 is 27.5 Å². The van der Waals surface area contributed by atoms with Gasteiger partial charge in [-0.2, -0.15) is 0 Å². The second-order valence-corrected chi connectivity index (χ2v) is 4.89. The molecule has 0 aliphatic rings. The molecule has 0 fully saturated rings. The zero-order valence-corrected chi connectivity index (χ0v) is 12.0. The molecule has 0 unspecified atom stereocenters. The Balaban J connectivity index is 2.12. The highest BCUT2D eigenvalue weighted by atomic mass is 79.9. The molecule has 0 saturated carbocycles. The van der Waals surface area contributed by atoms with Crippen LogP contribution in [0.3, 0.4) is 0 Å². The van der Waals surface area contributed by atoms with Gasteiger partial charge in [0.05, 0.1) is 5.69 Å². The highest BCUT2D eigenvalue weighted by Gasteiger charge is 2.08. The van der Waals surface area contributed by atoms with Crippen LogP contribution in [-0.2, 0) is 11.3 Å². The molecule has 5 nitrogen and oxygen atoms in total. The SMILES string of the molecule is O=C(Cn1ccnc(Cl)c1=O)Nc1ccccc1Br. The molecule has 0 spiro atoms. The molecule has 0 saturated heterocycles. The highest BCUT2D eigenvalue weighted by Crippen LogP contribution is 2.20. The molecule has 2 aromatic rings. The van der Waals surface area contributed by atoms with Crippen molar-refractivity contribution in [2.24, 2.45) is 0 Å². The first-order valence-corrected chi connectivity index (χ1v) is 6.50. The van der Waals surface area contributed by atoms with Gasteiger partial charge >= 0.3 is 0 Å². The minimum Gasteiger partial charge on any atom is -0.324 e. The van der Waals surface area contributed by atoms with Gasteiger partial charge in [-0.05, 0) is 28.1 Å². The Hall–Kier alpha value is -1.66. The molecule has 2 rings (SSSR count). The molecule has 19 heavy (non-hydrogen) atoms. The van der Waals surface area contributed by atoms with Gasteiger partial charge in [-0.15, -0.1) is 0 Å². The Labute approximate surface area is 122 Å². The van der Waals surface area contributed by atoms with Gasteiger partial charge in [-0.3, -0.25) is 9.59 Å². The van der Waals surface area contributed by atoms with Gasteiger partial charge in [-0.25, -0.2) is 4.98 Å². The summed E-state index contributed by atoms with van der Waals surface area (Å²) >= 11 is 8.92. The van der Waals surface area contributed by atoms with E-state index in [4.69, 9.17) is 11.6 Å². The summed E-state index contributed by atoms with van der Waals surface area (Å²) in [5.74, 6) is -0.323. The normalized spacial score (nSPS) is 10.2. The predicted octanol–water partition coefficient (Wildman–Crippen LogP) is 2.30. The maximum Gasteiger partial charge on any atom is 0.288 e. The summed E-state index contributed by atoms with van der Waals surface area (Å²) in [6, 6.07) is 7.21. The van der Waals surface area contributed by atoms with Crippen molar-refractivity contribution in [1.29, 1.82) is 0 Å². The van der Waals surface area contributed by atoms with E-state index in [2.05, 4.69) is 26.2 Å². The Kier molecular flexibility index (Phi) is 4.34. The summed E-state index contributed by atoms with van der Waals surface area (Å²) < 4.78 is 1.96. The molecule has 1 N–H and O–H groups in total. The van der Waals surface area contributed by atoms with Gasteiger partial charge in [0.2, 0.25) is 5.91 Å². The molecule has 1 aromatic heterocycles. The number of nitrogens with one attached hydrogen (secondary N) is 1. The third-order valence-electron chi connectivity index (χ3n) is 2.33. The third-order valence-corrected chi connectivity index (χ3v) is 3.28. The van der Waals surface area contributed by atoms with E-state index in [0.29, 0.717) is 5.69 Å². The van der Waals surface area contributed by atoms with E-state index in [1.807, 2.05) is 12.1 Å². The molecule has 0 radical (unpaired) electrons. The quantitative estimate of drug-likeness (QED) is 0.931. The maximum atomic E-state index is 11.8. The summed E-state index contributed by atoms with van der Waals surface area (Å²) in [6.07, 6.45) is 2.78. The lowest BCUT2D eigenvalue weighted by atomic mass is 10.3. The van der Waals surface area contributed by atoms with E-state index in [1.165, 1.54) is 17.0 Å². The largest absolute Gasteiger partial charge is 0.324 e. The van der Waals surface area contributed by atoms with Gasteiger partial charge in [0, 0.05) is 16.9 Å². The standard InChI is InChI=1S/C12H9BrClN3O2/c13-8-3-1-2-4-9(8)16-10(18)7-17-6-5-15-11(14)12(17)19/h1-6H,7H2,(H,16,18). The van der Waals surface area contributed by atoms with Crippen LogP contribution in [0, 0.1) is 0 Å². The number of benzene rings is 1. The van der Waals surface area contributed by atoms with Crippen molar-refractivity contribution in [2.75, 3.05) is 5.32 Å². The Morgan fingerprint density at radius 2 is 2.16 bits per heavy atom. The summed E-state index contributed by atoms with van der Waals surface area (Å²) in [7, 11) is 0. The summed E-state index contributed by atoms with van der Waals surface area (Å²) in [5.41, 5.74) is 0.146. The first-order valence-electron chi connectivity index (χ1n) is 5.33. The van der Waals surface area contributed by atoms with Crippen molar-refractivity contribution in [2.45, 2.75) is 6.54 Å². The Bertz CT molecular complexity index is 672. The number of amides is 1. The van der Waals surface area contributed by atoms with Crippen LogP contribution < -0.4 is 10.9 Å². The second kappa shape index (κ2) is 5.99. The lowest BCUT2D eigenvalue weighted by molar-refractivity contribution is -0.116. The molecule has 0 aliphatic carbocycles. The monoisotopic (exact) mass is 341 g/mol. The Morgan fingerprint density at radius 3 is 2.89 bits per heavy atom. The lowest BCUT2D eigenvalue weighted by Gasteiger charge is -2.08.